The molecule has 0 saturated carbocycles. The van der Waals surface area contributed by atoms with E-state index in [2.05, 4.69) is 19.9 Å². The van der Waals surface area contributed by atoms with E-state index in [0.717, 1.165) is 16.4 Å². The predicted octanol–water partition coefficient (Wildman–Crippen LogP) is 0.973. The van der Waals surface area contributed by atoms with Crippen molar-refractivity contribution in [3.63, 3.8) is 0 Å². The summed E-state index contributed by atoms with van der Waals surface area (Å²) in [6.45, 7) is 0.740. The Morgan fingerprint density at radius 2 is 2.18 bits per heavy atom. The molecule has 9 heteroatoms. The van der Waals surface area contributed by atoms with Crippen LogP contribution in [0.4, 0.5) is 5.82 Å². The topological polar surface area (TPSA) is 112 Å². The molecule has 1 atom stereocenters. The van der Waals surface area contributed by atoms with Crippen molar-refractivity contribution in [3.8, 4) is 0 Å². The molecule has 1 aliphatic heterocycles. The molecule has 0 aromatic carbocycles. The molecule has 114 valence electrons. The van der Waals surface area contributed by atoms with Crippen LogP contribution in [0.15, 0.2) is 24.8 Å². The highest BCUT2D eigenvalue weighted by atomic mass is 32.2. The Hall–Kier alpha value is -2.26. The maximum atomic E-state index is 11.3. The van der Waals surface area contributed by atoms with E-state index in [1.165, 1.54) is 6.33 Å². The molecule has 0 spiro atoms. The molecule has 3 aromatic heterocycles. The quantitative estimate of drug-likeness (QED) is 0.677. The van der Waals surface area contributed by atoms with Gasteiger partial charge in [-0.3, -0.25) is 4.55 Å². The number of nitrogens with zero attached hydrogens (tertiary/aromatic N) is 4. The van der Waals surface area contributed by atoms with Crippen LogP contribution < -0.4 is 4.90 Å². The van der Waals surface area contributed by atoms with Gasteiger partial charge in [-0.2, -0.15) is 8.42 Å². The Labute approximate surface area is 126 Å². The van der Waals surface area contributed by atoms with Gasteiger partial charge in [-0.1, -0.05) is 0 Å². The lowest BCUT2D eigenvalue weighted by molar-refractivity contribution is 0.470. The molecule has 2 N–H and O–H groups in total. The van der Waals surface area contributed by atoms with Gasteiger partial charge in [0.1, 0.15) is 23.0 Å². The van der Waals surface area contributed by atoms with Gasteiger partial charge in [-0.25, -0.2) is 15.0 Å². The van der Waals surface area contributed by atoms with E-state index in [0.29, 0.717) is 24.3 Å². The Balaban J connectivity index is 1.87. The summed E-state index contributed by atoms with van der Waals surface area (Å²) in [5.41, 5.74) is 1.43. The fourth-order valence-electron chi connectivity index (χ4n) is 2.94. The standard InChI is InChI=1S/C13H13N5O3S/c19-22(20,21)8-2-4-18(6-8)13-11-9-1-3-14-12(9)15-5-10(11)16-7-17-13/h1,3,5,7-8H,2,4,6H2,(H,14,15)(H,19,20,21). The van der Waals surface area contributed by atoms with Crippen molar-refractivity contribution in [1.29, 1.82) is 0 Å². The molecule has 0 radical (unpaired) electrons. The summed E-state index contributed by atoms with van der Waals surface area (Å²) in [6.07, 6.45) is 5.28. The average Bonchev–Trinajstić information content (AvgIpc) is 3.15. The zero-order valence-electron chi connectivity index (χ0n) is 11.5. The molecular weight excluding hydrogens is 306 g/mol. The third-order valence-corrected chi connectivity index (χ3v) is 5.26. The lowest BCUT2D eigenvalue weighted by Crippen LogP contribution is -2.27. The molecule has 1 unspecified atom stereocenters. The molecule has 4 heterocycles. The average molecular weight is 319 g/mol. The second kappa shape index (κ2) is 4.62. The highest BCUT2D eigenvalue weighted by Crippen LogP contribution is 2.31. The number of hydrogen-bond donors (Lipinski definition) is 2. The Kier molecular flexibility index (Phi) is 2.81. The summed E-state index contributed by atoms with van der Waals surface area (Å²) in [7, 11) is -4.03. The molecule has 4 rings (SSSR count). The van der Waals surface area contributed by atoms with Crippen LogP contribution in [0.25, 0.3) is 21.9 Å². The molecule has 22 heavy (non-hydrogen) atoms. The van der Waals surface area contributed by atoms with Crippen LogP contribution in [0.2, 0.25) is 0 Å². The lowest BCUT2D eigenvalue weighted by Gasteiger charge is -2.18. The Bertz CT molecular complexity index is 968. The first-order valence-corrected chi connectivity index (χ1v) is 8.32. The predicted molar refractivity (Wildman–Crippen MR) is 81.4 cm³/mol. The first-order chi connectivity index (χ1) is 10.5. The molecule has 8 nitrogen and oxygen atoms in total. The molecule has 0 aliphatic carbocycles. The largest absolute Gasteiger partial charge is 0.355 e. The van der Waals surface area contributed by atoms with E-state index < -0.39 is 15.4 Å². The number of nitrogens with one attached hydrogen (secondary N) is 1. The zero-order valence-corrected chi connectivity index (χ0v) is 12.3. The summed E-state index contributed by atoms with van der Waals surface area (Å²) in [4.78, 5) is 17.8. The number of H-pyrrole nitrogens is 1. The molecule has 0 bridgehead atoms. The smallest absolute Gasteiger partial charge is 0.269 e. The number of rotatable bonds is 2. The molecule has 1 fully saturated rings. The van der Waals surface area contributed by atoms with E-state index >= 15 is 0 Å². The lowest BCUT2D eigenvalue weighted by atomic mass is 10.2. The number of aromatic amines is 1. The van der Waals surface area contributed by atoms with Crippen LogP contribution in [0.1, 0.15) is 6.42 Å². The summed E-state index contributed by atoms with van der Waals surface area (Å²) in [5, 5.41) is 0.953. The van der Waals surface area contributed by atoms with Crippen molar-refractivity contribution in [2.75, 3.05) is 18.0 Å². The van der Waals surface area contributed by atoms with E-state index in [9.17, 15) is 13.0 Å². The monoisotopic (exact) mass is 319 g/mol. The van der Waals surface area contributed by atoms with Gasteiger partial charge in [0.15, 0.2) is 0 Å². The van der Waals surface area contributed by atoms with Gasteiger partial charge in [0, 0.05) is 24.7 Å². The number of pyridine rings is 1. The van der Waals surface area contributed by atoms with Crippen molar-refractivity contribution in [1.82, 2.24) is 19.9 Å². The SMILES string of the molecule is O=S(=O)(O)C1CCN(c2ncnc3cnc4[nH]ccc4c23)C1. The Morgan fingerprint density at radius 1 is 1.32 bits per heavy atom. The highest BCUT2D eigenvalue weighted by molar-refractivity contribution is 7.86. The first kappa shape index (κ1) is 13.4. The van der Waals surface area contributed by atoms with Crippen LogP contribution in [-0.4, -0.2) is 51.2 Å². The van der Waals surface area contributed by atoms with Crippen molar-refractivity contribution in [2.45, 2.75) is 11.7 Å². The van der Waals surface area contributed by atoms with Crippen molar-refractivity contribution in [2.24, 2.45) is 0 Å². The van der Waals surface area contributed by atoms with Crippen LogP contribution in [0.3, 0.4) is 0 Å². The minimum Gasteiger partial charge on any atom is -0.355 e. The van der Waals surface area contributed by atoms with Crippen molar-refractivity contribution in [3.05, 3.63) is 24.8 Å². The number of hydrogen-bond acceptors (Lipinski definition) is 6. The van der Waals surface area contributed by atoms with Crippen molar-refractivity contribution < 1.29 is 13.0 Å². The normalized spacial score (nSPS) is 19.3. The van der Waals surface area contributed by atoms with E-state index in [4.69, 9.17) is 0 Å². The minimum atomic E-state index is -4.03. The summed E-state index contributed by atoms with van der Waals surface area (Å²) >= 11 is 0. The van der Waals surface area contributed by atoms with E-state index in [1.807, 2.05) is 11.0 Å². The maximum absolute atomic E-state index is 11.3. The third-order valence-electron chi connectivity index (χ3n) is 4.03. The van der Waals surface area contributed by atoms with Crippen LogP contribution in [0, 0.1) is 0 Å². The Morgan fingerprint density at radius 3 is 2.95 bits per heavy atom. The van der Waals surface area contributed by atoms with Gasteiger partial charge < -0.3 is 9.88 Å². The second-order valence-corrected chi connectivity index (χ2v) is 7.02. The molecule has 0 amide bonds. The first-order valence-electron chi connectivity index (χ1n) is 6.82. The minimum absolute atomic E-state index is 0.221. The van der Waals surface area contributed by atoms with Crippen LogP contribution in [0.5, 0.6) is 0 Å². The number of anilines is 1. The summed E-state index contributed by atoms with van der Waals surface area (Å²) in [5.74, 6) is 0.670. The van der Waals surface area contributed by atoms with E-state index in [1.54, 1.807) is 12.4 Å². The van der Waals surface area contributed by atoms with Crippen LogP contribution >= 0.6 is 0 Å². The van der Waals surface area contributed by atoms with Crippen molar-refractivity contribution >= 4 is 37.9 Å². The number of fused-ring (bicyclic) bond motifs is 3. The number of aromatic nitrogens is 4. The van der Waals surface area contributed by atoms with Gasteiger partial charge in [0.25, 0.3) is 10.1 Å². The maximum Gasteiger partial charge on any atom is 0.269 e. The highest BCUT2D eigenvalue weighted by Gasteiger charge is 2.33. The third kappa shape index (κ3) is 2.01. The molecule has 1 saturated heterocycles. The van der Waals surface area contributed by atoms with Gasteiger partial charge >= 0.3 is 0 Å². The van der Waals surface area contributed by atoms with Gasteiger partial charge in [0.05, 0.1) is 17.1 Å². The van der Waals surface area contributed by atoms with Crippen LogP contribution in [-0.2, 0) is 10.1 Å². The van der Waals surface area contributed by atoms with E-state index in [-0.39, 0.29) is 6.54 Å². The van der Waals surface area contributed by atoms with Gasteiger partial charge in [-0.15, -0.1) is 0 Å². The molecule has 1 aliphatic rings. The van der Waals surface area contributed by atoms with Gasteiger partial charge in [0.2, 0.25) is 0 Å². The fraction of sp³-hybridized carbons (Fsp3) is 0.308. The zero-order chi connectivity index (χ0) is 15.3. The molecular formula is C13H13N5O3S. The fourth-order valence-corrected chi connectivity index (χ4v) is 3.72. The summed E-state index contributed by atoms with van der Waals surface area (Å²) in [6, 6.07) is 1.90. The summed E-state index contributed by atoms with van der Waals surface area (Å²) < 4.78 is 31.9. The van der Waals surface area contributed by atoms with Gasteiger partial charge in [-0.05, 0) is 12.5 Å². The second-order valence-electron chi connectivity index (χ2n) is 5.33. The molecule has 3 aromatic rings.